The van der Waals surface area contributed by atoms with Crippen LogP contribution in [0.4, 0.5) is 0 Å². The summed E-state index contributed by atoms with van der Waals surface area (Å²) in [6.45, 7) is 7.56. The summed E-state index contributed by atoms with van der Waals surface area (Å²) in [7, 11) is 0. The molecule has 0 aliphatic heterocycles. The lowest BCUT2D eigenvalue weighted by atomic mass is 9.89. The fraction of sp³-hybridized carbons (Fsp3) is 0.600. The Morgan fingerprint density at radius 3 is 2.71 bits per heavy atom. The van der Waals surface area contributed by atoms with Gasteiger partial charge in [-0.15, -0.1) is 0 Å². The molecule has 0 spiro atoms. The molecule has 1 fully saturated rings. The Labute approximate surface area is 104 Å². The summed E-state index contributed by atoms with van der Waals surface area (Å²) in [6.07, 6.45) is 3.91. The number of rotatable bonds is 5. The molecule has 1 aromatic rings. The standard InChI is InChI=1S/C15H23NO/c1-4-7-16-13-9-14(10-13)17-15-6-5-11(2)8-12(15)3/h5-6,8,13-14,16H,4,7,9-10H2,1-3H3. The molecule has 0 bridgehead atoms. The molecule has 0 radical (unpaired) electrons. The largest absolute Gasteiger partial charge is 0.490 e. The molecule has 1 saturated carbocycles. The van der Waals surface area contributed by atoms with Gasteiger partial charge in [0.2, 0.25) is 0 Å². The van der Waals surface area contributed by atoms with Gasteiger partial charge < -0.3 is 10.1 Å². The number of nitrogens with one attached hydrogen (secondary N) is 1. The predicted molar refractivity (Wildman–Crippen MR) is 71.6 cm³/mol. The van der Waals surface area contributed by atoms with E-state index in [0.717, 1.165) is 25.1 Å². The first kappa shape index (κ1) is 12.4. The van der Waals surface area contributed by atoms with Crippen LogP contribution >= 0.6 is 0 Å². The third-order valence-electron chi connectivity index (χ3n) is 3.40. The number of ether oxygens (including phenoxy) is 1. The first-order chi connectivity index (χ1) is 8.19. The van der Waals surface area contributed by atoms with E-state index in [1.54, 1.807) is 0 Å². The van der Waals surface area contributed by atoms with Gasteiger partial charge in [-0.1, -0.05) is 24.6 Å². The van der Waals surface area contributed by atoms with Crippen LogP contribution in [0.25, 0.3) is 0 Å². The van der Waals surface area contributed by atoms with E-state index in [1.165, 1.54) is 17.5 Å². The zero-order chi connectivity index (χ0) is 12.3. The minimum absolute atomic E-state index is 0.408. The van der Waals surface area contributed by atoms with Crippen LogP contribution in [0.5, 0.6) is 5.75 Å². The van der Waals surface area contributed by atoms with Gasteiger partial charge in [0, 0.05) is 6.04 Å². The van der Waals surface area contributed by atoms with Gasteiger partial charge in [-0.05, 0) is 51.3 Å². The molecule has 0 heterocycles. The molecule has 0 aromatic heterocycles. The van der Waals surface area contributed by atoms with Crippen LogP contribution < -0.4 is 10.1 Å². The molecule has 0 atom stereocenters. The highest BCUT2D eigenvalue weighted by molar-refractivity contribution is 5.35. The van der Waals surface area contributed by atoms with E-state index >= 15 is 0 Å². The van der Waals surface area contributed by atoms with Crippen LogP contribution in [-0.4, -0.2) is 18.7 Å². The molecule has 2 nitrogen and oxygen atoms in total. The van der Waals surface area contributed by atoms with Crippen molar-refractivity contribution in [1.82, 2.24) is 5.32 Å². The molecule has 1 aliphatic rings. The second-order valence-corrected chi connectivity index (χ2v) is 5.13. The number of hydrogen-bond donors (Lipinski definition) is 1. The van der Waals surface area contributed by atoms with Crippen LogP contribution in [0.1, 0.15) is 37.3 Å². The van der Waals surface area contributed by atoms with Crippen molar-refractivity contribution in [1.29, 1.82) is 0 Å². The van der Waals surface area contributed by atoms with Crippen molar-refractivity contribution < 1.29 is 4.74 Å². The summed E-state index contributed by atoms with van der Waals surface area (Å²) in [5, 5.41) is 3.53. The summed E-state index contributed by atoms with van der Waals surface area (Å²) in [5.41, 5.74) is 2.54. The minimum Gasteiger partial charge on any atom is -0.490 e. The van der Waals surface area contributed by atoms with Crippen molar-refractivity contribution >= 4 is 0 Å². The molecule has 1 aromatic carbocycles. The summed E-state index contributed by atoms with van der Waals surface area (Å²) < 4.78 is 6.01. The molecular formula is C15H23NO. The van der Waals surface area contributed by atoms with E-state index in [-0.39, 0.29) is 0 Å². The van der Waals surface area contributed by atoms with Crippen molar-refractivity contribution in [2.45, 2.75) is 52.2 Å². The quantitative estimate of drug-likeness (QED) is 0.843. The Balaban J connectivity index is 1.79. The Morgan fingerprint density at radius 1 is 1.29 bits per heavy atom. The highest BCUT2D eigenvalue weighted by Gasteiger charge is 2.30. The summed E-state index contributed by atoms with van der Waals surface area (Å²) in [6, 6.07) is 7.07. The van der Waals surface area contributed by atoms with Crippen molar-refractivity contribution in [3.05, 3.63) is 29.3 Å². The molecule has 0 saturated heterocycles. The highest BCUT2D eigenvalue weighted by atomic mass is 16.5. The Hall–Kier alpha value is -1.02. The Morgan fingerprint density at radius 2 is 2.06 bits per heavy atom. The van der Waals surface area contributed by atoms with E-state index in [4.69, 9.17) is 4.74 Å². The van der Waals surface area contributed by atoms with E-state index in [9.17, 15) is 0 Å². The Bertz CT molecular complexity index is 369. The van der Waals surface area contributed by atoms with Crippen molar-refractivity contribution in [2.75, 3.05) is 6.54 Å². The van der Waals surface area contributed by atoms with Crippen LogP contribution in [0.3, 0.4) is 0 Å². The molecule has 0 amide bonds. The maximum Gasteiger partial charge on any atom is 0.122 e. The number of aryl methyl sites for hydroxylation is 2. The van der Waals surface area contributed by atoms with Gasteiger partial charge in [0.25, 0.3) is 0 Å². The molecule has 2 heteroatoms. The van der Waals surface area contributed by atoms with Gasteiger partial charge in [-0.2, -0.15) is 0 Å². The van der Waals surface area contributed by atoms with E-state index in [0.29, 0.717) is 12.1 Å². The first-order valence-electron chi connectivity index (χ1n) is 6.66. The topological polar surface area (TPSA) is 21.3 Å². The maximum absolute atomic E-state index is 6.01. The molecular weight excluding hydrogens is 210 g/mol. The van der Waals surface area contributed by atoms with Gasteiger partial charge in [-0.3, -0.25) is 0 Å². The van der Waals surface area contributed by atoms with Gasteiger partial charge in [-0.25, -0.2) is 0 Å². The van der Waals surface area contributed by atoms with Gasteiger partial charge in [0.15, 0.2) is 0 Å². The smallest absolute Gasteiger partial charge is 0.122 e. The van der Waals surface area contributed by atoms with Crippen LogP contribution in [-0.2, 0) is 0 Å². The van der Waals surface area contributed by atoms with Crippen LogP contribution in [0.15, 0.2) is 18.2 Å². The van der Waals surface area contributed by atoms with Gasteiger partial charge in [0.05, 0.1) is 0 Å². The van der Waals surface area contributed by atoms with E-state index in [2.05, 4.69) is 44.3 Å². The van der Waals surface area contributed by atoms with Gasteiger partial charge >= 0.3 is 0 Å². The lowest BCUT2D eigenvalue weighted by Gasteiger charge is -2.36. The molecule has 17 heavy (non-hydrogen) atoms. The lowest BCUT2D eigenvalue weighted by molar-refractivity contribution is 0.0845. The predicted octanol–water partition coefficient (Wildman–Crippen LogP) is 3.21. The average molecular weight is 233 g/mol. The minimum atomic E-state index is 0.408. The zero-order valence-electron chi connectivity index (χ0n) is 11.1. The summed E-state index contributed by atoms with van der Waals surface area (Å²) in [5.74, 6) is 1.05. The van der Waals surface area contributed by atoms with E-state index in [1.807, 2.05) is 0 Å². The van der Waals surface area contributed by atoms with Gasteiger partial charge in [0.1, 0.15) is 11.9 Å². The fourth-order valence-electron chi connectivity index (χ4n) is 2.29. The first-order valence-corrected chi connectivity index (χ1v) is 6.66. The third-order valence-corrected chi connectivity index (χ3v) is 3.40. The average Bonchev–Trinajstić information content (AvgIpc) is 2.24. The number of benzene rings is 1. The monoisotopic (exact) mass is 233 g/mol. The van der Waals surface area contributed by atoms with Crippen molar-refractivity contribution in [3.8, 4) is 5.75 Å². The van der Waals surface area contributed by atoms with Crippen LogP contribution in [0, 0.1) is 13.8 Å². The normalized spacial score (nSPS) is 23.2. The molecule has 2 rings (SSSR count). The molecule has 94 valence electrons. The fourth-order valence-corrected chi connectivity index (χ4v) is 2.29. The van der Waals surface area contributed by atoms with E-state index < -0.39 is 0 Å². The zero-order valence-corrected chi connectivity index (χ0v) is 11.1. The molecule has 1 N–H and O–H groups in total. The van der Waals surface area contributed by atoms with Crippen molar-refractivity contribution in [3.63, 3.8) is 0 Å². The second-order valence-electron chi connectivity index (χ2n) is 5.13. The maximum atomic E-state index is 6.01. The highest BCUT2D eigenvalue weighted by Crippen LogP contribution is 2.28. The molecule has 1 aliphatic carbocycles. The number of hydrogen-bond acceptors (Lipinski definition) is 2. The summed E-state index contributed by atoms with van der Waals surface area (Å²) >= 11 is 0. The second kappa shape index (κ2) is 5.54. The molecule has 0 unspecified atom stereocenters. The lowest BCUT2D eigenvalue weighted by Crippen LogP contribution is -2.47. The summed E-state index contributed by atoms with van der Waals surface area (Å²) in [4.78, 5) is 0. The van der Waals surface area contributed by atoms with Crippen molar-refractivity contribution in [2.24, 2.45) is 0 Å². The van der Waals surface area contributed by atoms with Crippen LogP contribution in [0.2, 0.25) is 0 Å². The Kier molecular flexibility index (Phi) is 4.06. The third kappa shape index (κ3) is 3.22. The SMILES string of the molecule is CCCNC1CC(Oc2ccc(C)cc2C)C1.